The van der Waals surface area contributed by atoms with Crippen LogP contribution in [-0.2, 0) is 10.0 Å². The third-order valence-electron chi connectivity index (χ3n) is 5.29. The third kappa shape index (κ3) is 5.68. The van der Waals surface area contributed by atoms with Crippen molar-refractivity contribution in [3.8, 4) is 0 Å². The van der Waals surface area contributed by atoms with E-state index >= 15 is 0 Å². The van der Waals surface area contributed by atoms with Crippen LogP contribution in [0.2, 0.25) is 0 Å². The summed E-state index contributed by atoms with van der Waals surface area (Å²) in [7, 11) is -2.29. The zero-order valence-corrected chi connectivity index (χ0v) is 19.3. The Balaban J connectivity index is 1.72. The molecule has 32 heavy (non-hydrogen) atoms. The van der Waals surface area contributed by atoms with Crippen LogP contribution < -0.4 is 14.9 Å². The van der Waals surface area contributed by atoms with Crippen molar-refractivity contribution in [2.24, 2.45) is 5.92 Å². The normalized spacial score (nSPS) is 12.2. The molecule has 0 saturated heterocycles. The summed E-state index contributed by atoms with van der Waals surface area (Å²) < 4.78 is 27.3. The van der Waals surface area contributed by atoms with Gasteiger partial charge in [0.25, 0.3) is 15.9 Å². The molecule has 2 N–H and O–H groups in total. The molecule has 0 aromatic heterocycles. The number of hydrogen-bond acceptors (Lipinski definition) is 4. The summed E-state index contributed by atoms with van der Waals surface area (Å²) in [6, 6.07) is 24.8. The first-order chi connectivity index (χ1) is 15.3. The van der Waals surface area contributed by atoms with Crippen molar-refractivity contribution in [3.05, 3.63) is 90.5 Å². The maximum atomic E-state index is 13.1. The molecular weight excluding hydrogens is 422 g/mol. The molecule has 3 aromatic carbocycles. The van der Waals surface area contributed by atoms with Gasteiger partial charge in [-0.25, -0.2) is 8.42 Å². The van der Waals surface area contributed by atoms with Gasteiger partial charge in [-0.2, -0.15) is 0 Å². The molecule has 0 saturated carbocycles. The molecule has 0 bridgehead atoms. The minimum atomic E-state index is -3.79. The molecule has 0 spiro atoms. The first kappa shape index (κ1) is 23.3. The molecule has 168 valence electrons. The second-order valence-electron chi connectivity index (χ2n) is 7.91. The van der Waals surface area contributed by atoms with Gasteiger partial charge in [0.2, 0.25) is 0 Å². The summed E-state index contributed by atoms with van der Waals surface area (Å²) in [5.41, 5.74) is 1.83. The maximum absolute atomic E-state index is 13.1. The van der Waals surface area contributed by atoms with Crippen LogP contribution in [0.4, 0.5) is 11.4 Å². The highest BCUT2D eigenvalue weighted by molar-refractivity contribution is 7.92. The van der Waals surface area contributed by atoms with E-state index in [9.17, 15) is 13.2 Å². The van der Waals surface area contributed by atoms with E-state index in [0.29, 0.717) is 17.8 Å². The van der Waals surface area contributed by atoms with Crippen molar-refractivity contribution in [3.63, 3.8) is 0 Å². The van der Waals surface area contributed by atoms with Gasteiger partial charge >= 0.3 is 0 Å². The lowest BCUT2D eigenvalue weighted by Gasteiger charge is -2.24. The standard InChI is InChI=1S/C25H29N3O3S/c1-19(2)24(27-21-12-6-4-7-13-21)18-26-25(29)20-11-10-16-23(17-20)32(30,31)28(3)22-14-8-5-9-15-22/h4-17,19,24,27H,18H2,1-3H3,(H,26,29). The van der Waals surface area contributed by atoms with E-state index < -0.39 is 10.0 Å². The number of nitrogens with zero attached hydrogens (tertiary/aromatic N) is 1. The summed E-state index contributed by atoms with van der Waals surface area (Å²) in [5.74, 6) is -0.0355. The van der Waals surface area contributed by atoms with Crippen LogP contribution >= 0.6 is 0 Å². The van der Waals surface area contributed by atoms with E-state index in [2.05, 4.69) is 24.5 Å². The fraction of sp³-hybridized carbons (Fsp3) is 0.240. The Kier molecular flexibility index (Phi) is 7.53. The topological polar surface area (TPSA) is 78.5 Å². The molecule has 1 amide bonds. The predicted molar refractivity (Wildman–Crippen MR) is 129 cm³/mol. The largest absolute Gasteiger partial charge is 0.380 e. The number of anilines is 2. The molecule has 0 aliphatic heterocycles. The molecule has 0 heterocycles. The van der Waals surface area contributed by atoms with Crippen LogP contribution in [0.5, 0.6) is 0 Å². The van der Waals surface area contributed by atoms with E-state index in [1.54, 1.807) is 36.4 Å². The van der Waals surface area contributed by atoms with Gasteiger partial charge in [-0.05, 0) is 48.4 Å². The number of amides is 1. The molecule has 3 aromatic rings. The fourth-order valence-electron chi connectivity index (χ4n) is 3.24. The van der Waals surface area contributed by atoms with Crippen molar-refractivity contribution < 1.29 is 13.2 Å². The number of carbonyl (C=O) groups is 1. The summed E-state index contributed by atoms with van der Waals surface area (Å²) in [6.45, 7) is 4.57. The third-order valence-corrected chi connectivity index (χ3v) is 7.07. The van der Waals surface area contributed by atoms with E-state index in [4.69, 9.17) is 0 Å². The Labute approximate surface area is 190 Å². The van der Waals surface area contributed by atoms with Crippen LogP contribution in [0.25, 0.3) is 0 Å². The molecule has 1 unspecified atom stereocenters. The number of benzene rings is 3. The molecular formula is C25H29N3O3S. The van der Waals surface area contributed by atoms with Crippen LogP contribution in [0, 0.1) is 5.92 Å². The Bertz CT molecular complexity index is 1130. The molecule has 0 aliphatic rings. The van der Waals surface area contributed by atoms with E-state index in [-0.39, 0.29) is 22.8 Å². The first-order valence-corrected chi connectivity index (χ1v) is 12.0. The molecule has 7 heteroatoms. The van der Waals surface area contributed by atoms with Gasteiger partial charge < -0.3 is 10.6 Å². The summed E-state index contributed by atoms with van der Waals surface area (Å²) in [6.07, 6.45) is 0. The number of nitrogens with one attached hydrogen (secondary N) is 2. The lowest BCUT2D eigenvalue weighted by molar-refractivity contribution is 0.0950. The lowest BCUT2D eigenvalue weighted by atomic mass is 10.0. The van der Waals surface area contributed by atoms with E-state index in [1.807, 2.05) is 36.4 Å². The molecule has 0 aliphatic carbocycles. The average Bonchev–Trinajstić information content (AvgIpc) is 2.82. The van der Waals surface area contributed by atoms with Gasteiger partial charge in [0.15, 0.2) is 0 Å². The lowest BCUT2D eigenvalue weighted by Crippen LogP contribution is -2.39. The zero-order valence-electron chi connectivity index (χ0n) is 18.5. The van der Waals surface area contributed by atoms with Crippen molar-refractivity contribution in [2.45, 2.75) is 24.8 Å². The molecule has 0 fully saturated rings. The van der Waals surface area contributed by atoms with Crippen LogP contribution in [0.15, 0.2) is 89.8 Å². The Morgan fingerprint density at radius 3 is 2.16 bits per heavy atom. The number of sulfonamides is 1. The zero-order chi connectivity index (χ0) is 23.1. The quantitative estimate of drug-likeness (QED) is 0.506. The number of para-hydroxylation sites is 2. The Morgan fingerprint density at radius 2 is 1.53 bits per heavy atom. The maximum Gasteiger partial charge on any atom is 0.264 e. The molecule has 1 atom stereocenters. The number of carbonyl (C=O) groups excluding carboxylic acids is 1. The highest BCUT2D eigenvalue weighted by Crippen LogP contribution is 2.22. The van der Waals surface area contributed by atoms with Gasteiger partial charge in [-0.1, -0.05) is 56.3 Å². The van der Waals surface area contributed by atoms with Crippen LogP contribution in [-0.4, -0.2) is 34.0 Å². The average molecular weight is 452 g/mol. The fourth-order valence-corrected chi connectivity index (χ4v) is 4.48. The van der Waals surface area contributed by atoms with Crippen LogP contribution in [0.1, 0.15) is 24.2 Å². The second kappa shape index (κ2) is 10.3. The number of rotatable bonds is 9. The monoisotopic (exact) mass is 451 g/mol. The minimum Gasteiger partial charge on any atom is -0.380 e. The SMILES string of the molecule is CC(C)C(CNC(=O)c1cccc(S(=O)(=O)N(C)c2ccccc2)c1)Nc1ccccc1. The van der Waals surface area contributed by atoms with Gasteiger partial charge in [0.05, 0.1) is 10.6 Å². The van der Waals surface area contributed by atoms with Crippen molar-refractivity contribution >= 4 is 27.3 Å². The van der Waals surface area contributed by atoms with Gasteiger partial charge in [-0.15, -0.1) is 0 Å². The van der Waals surface area contributed by atoms with Gasteiger partial charge in [0.1, 0.15) is 0 Å². The predicted octanol–water partition coefficient (Wildman–Crippen LogP) is 4.38. The molecule has 6 nitrogen and oxygen atoms in total. The Morgan fingerprint density at radius 1 is 0.906 bits per heavy atom. The highest BCUT2D eigenvalue weighted by atomic mass is 32.2. The molecule has 3 rings (SSSR count). The van der Waals surface area contributed by atoms with E-state index in [0.717, 1.165) is 5.69 Å². The first-order valence-electron chi connectivity index (χ1n) is 10.5. The minimum absolute atomic E-state index is 0.0254. The summed E-state index contributed by atoms with van der Waals surface area (Å²) in [4.78, 5) is 12.9. The van der Waals surface area contributed by atoms with Crippen molar-refractivity contribution in [2.75, 3.05) is 23.2 Å². The highest BCUT2D eigenvalue weighted by Gasteiger charge is 2.23. The number of hydrogen-bond donors (Lipinski definition) is 2. The van der Waals surface area contributed by atoms with Gasteiger partial charge in [0, 0.05) is 30.9 Å². The van der Waals surface area contributed by atoms with Crippen molar-refractivity contribution in [1.82, 2.24) is 5.32 Å². The summed E-state index contributed by atoms with van der Waals surface area (Å²) >= 11 is 0. The van der Waals surface area contributed by atoms with Crippen molar-refractivity contribution in [1.29, 1.82) is 0 Å². The molecule has 0 radical (unpaired) electrons. The Hall–Kier alpha value is -3.32. The second-order valence-corrected chi connectivity index (χ2v) is 9.88. The van der Waals surface area contributed by atoms with Gasteiger partial charge in [-0.3, -0.25) is 9.10 Å². The smallest absolute Gasteiger partial charge is 0.264 e. The summed E-state index contributed by atoms with van der Waals surface area (Å²) in [5, 5.41) is 6.37. The van der Waals surface area contributed by atoms with E-state index in [1.165, 1.54) is 23.5 Å². The van der Waals surface area contributed by atoms with Crippen LogP contribution in [0.3, 0.4) is 0 Å².